The van der Waals surface area contributed by atoms with Crippen LogP contribution in [0.25, 0.3) is 0 Å². The number of rotatable bonds is 5. The Morgan fingerprint density at radius 1 is 1.33 bits per heavy atom. The van der Waals surface area contributed by atoms with Crippen molar-refractivity contribution >= 4 is 5.97 Å². The van der Waals surface area contributed by atoms with E-state index in [2.05, 4.69) is 23.6 Å². The Bertz CT molecular complexity index is 420. The average molecular weight is 252 g/mol. The molecule has 0 radical (unpaired) electrons. The fraction of sp³-hybridized carbons (Fsp3) is 0.714. The van der Waals surface area contributed by atoms with Crippen LogP contribution in [-0.4, -0.2) is 22.9 Å². The maximum Gasteiger partial charge on any atom is 0.312 e. The maximum absolute atomic E-state index is 11.7. The summed E-state index contributed by atoms with van der Waals surface area (Å²) in [5.41, 5.74) is 3.02. The van der Waals surface area contributed by atoms with Crippen molar-refractivity contribution in [2.45, 2.75) is 59.4 Å². The van der Waals surface area contributed by atoms with Crippen LogP contribution in [0.1, 0.15) is 62.5 Å². The van der Waals surface area contributed by atoms with Crippen molar-refractivity contribution in [1.82, 2.24) is 9.78 Å². The quantitative estimate of drug-likeness (QED) is 0.756. The molecule has 0 aliphatic heterocycles. The van der Waals surface area contributed by atoms with Gasteiger partial charge in [-0.1, -0.05) is 13.8 Å². The molecule has 0 spiro atoms. The fourth-order valence-corrected chi connectivity index (χ4v) is 2.59. The molecule has 0 N–H and O–H groups in total. The number of aryl methyl sites for hydroxylation is 1. The minimum absolute atomic E-state index is 0.203. The minimum atomic E-state index is -0.252. The molecule has 0 saturated carbocycles. The zero-order valence-corrected chi connectivity index (χ0v) is 12.3. The second-order valence-electron chi connectivity index (χ2n) is 4.74. The molecular formula is C14H24N2O2. The number of ether oxygens (including phenoxy) is 1. The Hall–Kier alpha value is -1.32. The number of aromatic nitrogens is 2. The number of methoxy groups -OCH3 is 1. The van der Waals surface area contributed by atoms with Crippen molar-refractivity contribution in [3.63, 3.8) is 0 Å². The molecule has 4 heteroatoms. The van der Waals surface area contributed by atoms with Crippen LogP contribution in [0, 0.1) is 13.8 Å². The monoisotopic (exact) mass is 252 g/mol. The van der Waals surface area contributed by atoms with E-state index in [1.54, 1.807) is 0 Å². The van der Waals surface area contributed by atoms with Gasteiger partial charge in [-0.15, -0.1) is 0 Å². The van der Waals surface area contributed by atoms with Crippen LogP contribution >= 0.6 is 0 Å². The highest BCUT2D eigenvalue weighted by atomic mass is 16.5. The van der Waals surface area contributed by atoms with E-state index in [0.29, 0.717) is 6.04 Å². The lowest BCUT2D eigenvalue weighted by Gasteiger charge is -2.16. The Kier molecular flexibility index (Phi) is 4.93. The van der Waals surface area contributed by atoms with Crippen molar-refractivity contribution in [2.75, 3.05) is 7.11 Å². The number of carbonyl (C=O) groups excluding carboxylic acids is 1. The third kappa shape index (κ3) is 2.57. The minimum Gasteiger partial charge on any atom is -0.469 e. The van der Waals surface area contributed by atoms with Crippen molar-refractivity contribution in [1.29, 1.82) is 0 Å². The molecule has 0 fully saturated rings. The first-order chi connectivity index (χ1) is 8.47. The summed E-state index contributed by atoms with van der Waals surface area (Å²) in [5, 5.41) is 4.60. The maximum atomic E-state index is 11.7. The molecule has 102 valence electrons. The van der Waals surface area contributed by atoms with Gasteiger partial charge in [0.05, 0.1) is 24.8 Å². The van der Waals surface area contributed by atoms with Gasteiger partial charge >= 0.3 is 5.97 Å². The zero-order valence-electron chi connectivity index (χ0n) is 12.3. The summed E-state index contributed by atoms with van der Waals surface area (Å²) in [4.78, 5) is 11.7. The van der Waals surface area contributed by atoms with Crippen molar-refractivity contribution in [3.05, 3.63) is 17.0 Å². The van der Waals surface area contributed by atoms with E-state index >= 15 is 0 Å². The molecule has 4 nitrogen and oxygen atoms in total. The standard InChI is InChI=1S/C14H24N2O2/c1-7-12(8-2)16-11(5)13(10(4)15-16)9(3)14(17)18-6/h9,12H,7-8H2,1-6H3. The molecule has 0 amide bonds. The lowest BCUT2D eigenvalue weighted by molar-refractivity contribution is -0.142. The van der Waals surface area contributed by atoms with Gasteiger partial charge in [-0.3, -0.25) is 9.48 Å². The number of hydrogen-bond acceptors (Lipinski definition) is 3. The molecule has 0 aromatic carbocycles. The molecular weight excluding hydrogens is 228 g/mol. The Morgan fingerprint density at radius 2 is 1.89 bits per heavy atom. The van der Waals surface area contributed by atoms with Crippen LogP contribution in [0.3, 0.4) is 0 Å². The van der Waals surface area contributed by atoms with E-state index in [4.69, 9.17) is 4.74 Å². The highest BCUT2D eigenvalue weighted by molar-refractivity contribution is 5.78. The van der Waals surface area contributed by atoms with Gasteiger partial charge in [-0.05, 0) is 33.6 Å². The third-order valence-electron chi connectivity index (χ3n) is 3.66. The van der Waals surface area contributed by atoms with Crippen molar-refractivity contribution < 1.29 is 9.53 Å². The molecule has 1 aromatic heterocycles. The van der Waals surface area contributed by atoms with Gasteiger partial charge in [0.1, 0.15) is 0 Å². The highest BCUT2D eigenvalue weighted by Crippen LogP contribution is 2.28. The molecule has 0 saturated heterocycles. The number of hydrogen-bond donors (Lipinski definition) is 0. The Morgan fingerprint density at radius 3 is 2.33 bits per heavy atom. The van der Waals surface area contributed by atoms with E-state index in [1.165, 1.54) is 7.11 Å². The van der Waals surface area contributed by atoms with Gasteiger partial charge < -0.3 is 4.74 Å². The average Bonchev–Trinajstić information content (AvgIpc) is 2.65. The molecule has 1 aromatic rings. The molecule has 0 aliphatic carbocycles. The Labute approximate surface area is 109 Å². The molecule has 1 unspecified atom stereocenters. The molecule has 1 atom stereocenters. The normalized spacial score (nSPS) is 12.8. The summed E-state index contributed by atoms with van der Waals surface area (Å²) in [6.45, 7) is 10.2. The van der Waals surface area contributed by atoms with Crippen LogP contribution in [0.2, 0.25) is 0 Å². The molecule has 0 aliphatic rings. The smallest absolute Gasteiger partial charge is 0.312 e. The number of carbonyl (C=O) groups is 1. The van der Waals surface area contributed by atoms with E-state index in [9.17, 15) is 4.79 Å². The highest BCUT2D eigenvalue weighted by Gasteiger charge is 2.25. The van der Waals surface area contributed by atoms with E-state index in [1.807, 2.05) is 20.8 Å². The van der Waals surface area contributed by atoms with Crippen LogP contribution in [0.5, 0.6) is 0 Å². The molecule has 1 heterocycles. The van der Waals surface area contributed by atoms with Crippen LogP contribution in [0.15, 0.2) is 0 Å². The molecule has 0 bridgehead atoms. The van der Waals surface area contributed by atoms with Crippen molar-refractivity contribution in [3.8, 4) is 0 Å². The lowest BCUT2D eigenvalue weighted by Crippen LogP contribution is -2.14. The first-order valence-electron chi connectivity index (χ1n) is 6.61. The van der Waals surface area contributed by atoms with Gasteiger partial charge in [-0.2, -0.15) is 5.10 Å². The second-order valence-corrected chi connectivity index (χ2v) is 4.74. The Balaban J connectivity index is 3.19. The van der Waals surface area contributed by atoms with E-state index in [0.717, 1.165) is 29.8 Å². The van der Waals surface area contributed by atoms with Crippen LogP contribution in [-0.2, 0) is 9.53 Å². The fourth-order valence-electron chi connectivity index (χ4n) is 2.59. The van der Waals surface area contributed by atoms with Gasteiger partial charge in [-0.25, -0.2) is 0 Å². The zero-order chi connectivity index (χ0) is 13.9. The van der Waals surface area contributed by atoms with E-state index in [-0.39, 0.29) is 11.9 Å². The predicted octanol–water partition coefficient (Wildman–Crippen LogP) is 3.14. The van der Waals surface area contributed by atoms with Gasteiger partial charge in [0.15, 0.2) is 0 Å². The van der Waals surface area contributed by atoms with Gasteiger partial charge in [0, 0.05) is 11.3 Å². The van der Waals surface area contributed by atoms with Crippen LogP contribution in [0.4, 0.5) is 0 Å². The number of esters is 1. The van der Waals surface area contributed by atoms with Crippen molar-refractivity contribution in [2.24, 2.45) is 0 Å². The lowest BCUT2D eigenvalue weighted by atomic mass is 9.99. The summed E-state index contributed by atoms with van der Waals surface area (Å²) in [6.07, 6.45) is 2.09. The topological polar surface area (TPSA) is 44.1 Å². The molecule has 18 heavy (non-hydrogen) atoms. The summed E-state index contributed by atoms with van der Waals surface area (Å²) in [7, 11) is 1.43. The third-order valence-corrected chi connectivity index (χ3v) is 3.66. The predicted molar refractivity (Wildman–Crippen MR) is 71.8 cm³/mol. The van der Waals surface area contributed by atoms with Gasteiger partial charge in [0.2, 0.25) is 0 Å². The molecule has 1 rings (SSSR count). The number of nitrogens with zero attached hydrogens (tertiary/aromatic N) is 2. The van der Waals surface area contributed by atoms with Crippen LogP contribution < -0.4 is 0 Å². The van der Waals surface area contributed by atoms with E-state index < -0.39 is 0 Å². The summed E-state index contributed by atoms with van der Waals surface area (Å²) >= 11 is 0. The SMILES string of the molecule is CCC(CC)n1nc(C)c(C(C)C(=O)OC)c1C. The van der Waals surface area contributed by atoms with Gasteiger partial charge in [0.25, 0.3) is 0 Å². The largest absolute Gasteiger partial charge is 0.469 e. The first-order valence-corrected chi connectivity index (χ1v) is 6.61. The summed E-state index contributed by atoms with van der Waals surface area (Å²) in [6, 6.07) is 0.405. The first kappa shape index (κ1) is 14.7. The summed E-state index contributed by atoms with van der Waals surface area (Å²) < 4.78 is 6.88. The second kappa shape index (κ2) is 6.03. The summed E-state index contributed by atoms with van der Waals surface area (Å²) in [5.74, 6) is -0.455.